The number of fused-ring (bicyclic) bond motifs is 1. The van der Waals surface area contributed by atoms with Crippen molar-refractivity contribution in [1.82, 2.24) is 24.5 Å². The molecule has 3 fully saturated rings. The largest absolute Gasteiger partial charge is 0.454 e. The van der Waals surface area contributed by atoms with Crippen LogP contribution in [0.25, 0.3) is 0 Å². The van der Waals surface area contributed by atoms with Gasteiger partial charge in [-0.3, -0.25) is 19.3 Å². The molecule has 0 spiro atoms. The summed E-state index contributed by atoms with van der Waals surface area (Å²) in [6, 6.07) is 8.72. The lowest BCUT2D eigenvalue weighted by atomic mass is 9.94. The molecule has 316 valence electrons. The van der Waals surface area contributed by atoms with Gasteiger partial charge in [0.25, 0.3) is 11.8 Å². The number of likely N-dealkylation sites (tertiary alicyclic amines) is 3. The van der Waals surface area contributed by atoms with Crippen molar-refractivity contribution in [1.29, 1.82) is 0 Å². The molecule has 18 heteroatoms. The first-order valence-corrected chi connectivity index (χ1v) is 20.2. The number of nitrogens with one attached hydrogen (secondary N) is 1. The van der Waals surface area contributed by atoms with Gasteiger partial charge in [-0.1, -0.05) is 36.2 Å². The van der Waals surface area contributed by atoms with Crippen molar-refractivity contribution in [2.24, 2.45) is 0 Å². The van der Waals surface area contributed by atoms with Crippen LogP contribution in [0.2, 0.25) is 5.02 Å². The first-order valence-electron chi connectivity index (χ1n) is 19.8. The van der Waals surface area contributed by atoms with Gasteiger partial charge in [0.2, 0.25) is 0 Å². The van der Waals surface area contributed by atoms with Crippen LogP contribution < -0.4 is 11.1 Å². The summed E-state index contributed by atoms with van der Waals surface area (Å²) < 4.78 is 53.0. The Morgan fingerprint density at radius 1 is 0.931 bits per heavy atom. The first-order chi connectivity index (χ1) is 27.6. The highest BCUT2D eigenvalue weighted by Gasteiger charge is 2.40. The number of rotatable bonds is 9. The van der Waals surface area contributed by atoms with Crippen LogP contribution in [0.5, 0.6) is 0 Å². The highest BCUT2D eigenvalue weighted by Crippen LogP contribution is 2.38. The molecule has 4 aliphatic heterocycles. The number of urea groups is 1. The number of hydrogen-bond acceptors (Lipinski definition) is 9. The van der Waals surface area contributed by atoms with Crippen LogP contribution in [-0.4, -0.2) is 139 Å². The van der Waals surface area contributed by atoms with Gasteiger partial charge < -0.3 is 40.1 Å². The second kappa shape index (κ2) is 18.4. The van der Waals surface area contributed by atoms with E-state index in [1.165, 1.54) is 20.8 Å². The normalized spacial score (nSPS) is 20.4. The minimum absolute atomic E-state index is 0.0156. The second-order valence-corrected chi connectivity index (χ2v) is 16.0. The molecule has 0 bridgehead atoms. The molecule has 0 aliphatic carbocycles. The van der Waals surface area contributed by atoms with Crippen molar-refractivity contribution >= 4 is 52.9 Å². The lowest BCUT2D eigenvalue weighted by Crippen LogP contribution is -2.56. The summed E-state index contributed by atoms with van der Waals surface area (Å²) in [4.78, 5) is 74.4. The van der Waals surface area contributed by atoms with Gasteiger partial charge in [0.1, 0.15) is 6.04 Å². The van der Waals surface area contributed by atoms with Gasteiger partial charge in [0.15, 0.2) is 12.7 Å². The molecule has 6 rings (SSSR count). The third kappa shape index (κ3) is 10.1. The highest BCUT2D eigenvalue weighted by atomic mass is 35.5. The summed E-state index contributed by atoms with van der Waals surface area (Å²) in [5.74, 6) is -1.36. The van der Waals surface area contributed by atoms with Crippen LogP contribution in [0.15, 0.2) is 36.4 Å². The number of para-hydroxylation sites is 1. The Hall–Kier alpha value is -4.77. The van der Waals surface area contributed by atoms with E-state index < -0.39 is 47.5 Å². The van der Waals surface area contributed by atoms with Crippen LogP contribution in [0.1, 0.15) is 61.6 Å². The number of likely N-dealkylation sites (N-methyl/N-ethyl adjacent to an activating group) is 1. The first kappa shape index (κ1) is 42.8. The minimum Gasteiger partial charge on any atom is -0.454 e. The number of carbonyl (C=O) groups is 5. The topological polar surface area (TPSA) is 158 Å². The number of benzene rings is 2. The van der Waals surface area contributed by atoms with Crippen LogP contribution in [-0.2, 0) is 42.9 Å². The van der Waals surface area contributed by atoms with Gasteiger partial charge in [0, 0.05) is 71.0 Å². The van der Waals surface area contributed by atoms with Crippen molar-refractivity contribution in [3.8, 4) is 0 Å². The second-order valence-electron chi connectivity index (χ2n) is 15.6. The SMILES string of the molecule is CN(C)C(=O)COC(=O)[C@@H]1CCCCN1C1CCN(C(=O)[C@@H](Cc2cc(Cl)c(N)c(C(F)(F)F)c2)OC(=O)N2CCC(N3CCc4ccccc4NC3=O)CC2)CC1. The van der Waals surface area contributed by atoms with E-state index in [4.69, 9.17) is 26.8 Å². The molecular formula is C40H51ClF3N7O7. The fraction of sp³-hybridized carbons (Fsp3) is 0.575. The quantitative estimate of drug-likeness (QED) is 0.262. The Morgan fingerprint density at radius 3 is 2.29 bits per heavy atom. The average Bonchev–Trinajstić information content (AvgIpc) is 3.38. The van der Waals surface area contributed by atoms with Crippen molar-refractivity contribution in [3.05, 3.63) is 58.1 Å². The molecule has 0 saturated carbocycles. The van der Waals surface area contributed by atoms with Crippen LogP contribution in [0.3, 0.4) is 0 Å². The molecule has 58 heavy (non-hydrogen) atoms. The molecule has 2 aromatic carbocycles. The summed E-state index contributed by atoms with van der Waals surface area (Å²) in [5, 5.41) is 2.63. The Morgan fingerprint density at radius 2 is 1.60 bits per heavy atom. The fourth-order valence-electron chi connectivity index (χ4n) is 8.34. The van der Waals surface area contributed by atoms with E-state index in [1.807, 2.05) is 24.3 Å². The number of piperidine rings is 3. The summed E-state index contributed by atoms with van der Waals surface area (Å²) in [7, 11) is 3.16. The van der Waals surface area contributed by atoms with Crippen molar-refractivity contribution in [3.63, 3.8) is 0 Å². The van der Waals surface area contributed by atoms with Crippen molar-refractivity contribution in [2.75, 3.05) is 71.0 Å². The number of nitrogens with two attached hydrogens (primary N) is 1. The standard InChI is InChI=1S/C40H51ClF3N7O7/c1-47(2)34(52)24-57-37(54)32-9-5-6-15-50(32)27-11-16-48(17-12-27)36(53)33(23-25-21-29(40(42,43)44)35(45)30(41)22-25)58-39(56)49-18-13-28(14-19-49)51-20-10-26-7-3-4-8-31(26)46-38(51)55/h3-4,7-8,21-22,27-28,32-33H,5-6,9-20,23-24,45H2,1-2H3,(H,46,55)/t32-,33+/m0/s1. The fourth-order valence-corrected chi connectivity index (χ4v) is 8.58. The number of nitrogen functional groups attached to an aromatic ring is 1. The van der Waals surface area contributed by atoms with Gasteiger partial charge in [-0.05, 0) is 80.8 Å². The van der Waals surface area contributed by atoms with E-state index in [1.54, 1.807) is 19.0 Å². The lowest BCUT2D eigenvalue weighted by molar-refractivity contribution is -0.158. The van der Waals surface area contributed by atoms with E-state index in [9.17, 15) is 37.1 Å². The molecule has 2 aromatic rings. The number of halogens is 4. The number of anilines is 2. The zero-order valence-corrected chi connectivity index (χ0v) is 33.5. The third-order valence-electron chi connectivity index (χ3n) is 11.6. The Bertz CT molecular complexity index is 1850. The number of carbonyl (C=O) groups excluding carboxylic acids is 5. The van der Waals surface area contributed by atoms with Crippen LogP contribution >= 0.6 is 11.6 Å². The third-order valence-corrected chi connectivity index (χ3v) is 12.0. The maximum Gasteiger partial charge on any atom is 0.418 e. The predicted molar refractivity (Wildman–Crippen MR) is 209 cm³/mol. The van der Waals surface area contributed by atoms with Crippen LogP contribution in [0, 0.1) is 0 Å². The predicted octanol–water partition coefficient (Wildman–Crippen LogP) is 5.02. The Kier molecular flexibility index (Phi) is 13.6. The number of amides is 5. The molecule has 4 aliphatic rings. The van der Waals surface area contributed by atoms with E-state index in [2.05, 4.69) is 10.2 Å². The number of alkyl halides is 3. The van der Waals surface area contributed by atoms with Gasteiger partial charge in [-0.25, -0.2) is 9.59 Å². The molecule has 3 N–H and O–H groups in total. The molecular weight excluding hydrogens is 783 g/mol. The van der Waals surface area contributed by atoms with Crippen molar-refractivity contribution in [2.45, 2.75) is 88.2 Å². The van der Waals surface area contributed by atoms with Gasteiger partial charge >= 0.3 is 24.3 Å². The van der Waals surface area contributed by atoms with Crippen molar-refractivity contribution < 1.29 is 46.6 Å². The summed E-state index contributed by atoms with van der Waals surface area (Å²) >= 11 is 6.14. The maximum absolute atomic E-state index is 14.2. The molecule has 3 saturated heterocycles. The highest BCUT2D eigenvalue weighted by molar-refractivity contribution is 6.33. The van der Waals surface area contributed by atoms with E-state index in [-0.39, 0.29) is 73.8 Å². The monoisotopic (exact) mass is 833 g/mol. The zero-order chi connectivity index (χ0) is 41.7. The summed E-state index contributed by atoms with van der Waals surface area (Å²) in [6.45, 7) is 1.77. The van der Waals surface area contributed by atoms with Gasteiger partial charge in [-0.2, -0.15) is 13.2 Å². The maximum atomic E-state index is 14.2. The number of esters is 1. The number of hydrogen-bond donors (Lipinski definition) is 2. The molecule has 4 heterocycles. The number of nitrogens with zero attached hydrogens (tertiary/aromatic N) is 5. The molecule has 14 nitrogen and oxygen atoms in total. The zero-order valence-electron chi connectivity index (χ0n) is 32.8. The molecule has 2 atom stereocenters. The lowest BCUT2D eigenvalue weighted by Gasteiger charge is -2.44. The summed E-state index contributed by atoms with van der Waals surface area (Å²) in [5.41, 5.74) is 5.70. The summed E-state index contributed by atoms with van der Waals surface area (Å²) in [6.07, 6.45) is -2.63. The van der Waals surface area contributed by atoms with E-state index in [0.29, 0.717) is 51.6 Å². The molecule has 0 radical (unpaired) electrons. The number of ether oxygens (including phenoxy) is 2. The van der Waals surface area contributed by atoms with E-state index >= 15 is 0 Å². The molecule has 5 amide bonds. The Labute approximate surface area is 340 Å². The average molecular weight is 834 g/mol. The van der Waals surface area contributed by atoms with Gasteiger partial charge in [-0.15, -0.1) is 0 Å². The minimum atomic E-state index is -4.82. The Balaban J connectivity index is 1.12. The van der Waals surface area contributed by atoms with E-state index in [0.717, 1.165) is 30.2 Å². The smallest absolute Gasteiger partial charge is 0.418 e. The molecule has 0 aromatic heterocycles. The van der Waals surface area contributed by atoms with Crippen LogP contribution in [0.4, 0.5) is 34.1 Å². The van der Waals surface area contributed by atoms with Gasteiger partial charge in [0.05, 0.1) is 16.3 Å². The molecule has 0 unspecified atom stereocenters.